The first-order valence-electron chi connectivity index (χ1n) is 10.7. The Morgan fingerprint density at radius 3 is 2.29 bits per heavy atom. The lowest BCUT2D eigenvalue weighted by atomic mass is 9.85. The van der Waals surface area contributed by atoms with Gasteiger partial charge in [0.05, 0.1) is 11.8 Å². The van der Waals surface area contributed by atoms with Gasteiger partial charge in [-0.25, -0.2) is 0 Å². The highest BCUT2D eigenvalue weighted by molar-refractivity contribution is 6.06. The van der Waals surface area contributed by atoms with Crippen LogP contribution in [0.5, 0.6) is 0 Å². The van der Waals surface area contributed by atoms with Gasteiger partial charge in [-0.1, -0.05) is 25.5 Å². The van der Waals surface area contributed by atoms with Crippen LogP contribution in [-0.4, -0.2) is 62.6 Å². The Kier molecular flexibility index (Phi) is 7.48. The zero-order valence-corrected chi connectivity index (χ0v) is 17.2. The van der Waals surface area contributed by atoms with Crippen LogP contribution >= 0.6 is 0 Å². The van der Waals surface area contributed by atoms with Crippen LogP contribution < -0.4 is 10.6 Å². The first-order valence-corrected chi connectivity index (χ1v) is 10.7. The third-order valence-corrected chi connectivity index (χ3v) is 6.04. The number of hydrogen-bond donors (Lipinski definition) is 2. The van der Waals surface area contributed by atoms with Gasteiger partial charge in [-0.3, -0.25) is 19.5 Å². The number of unbranched alkanes of at least 4 members (excludes halogenated alkanes) is 1. The number of nitrogens with one attached hydrogen (secondary N) is 2. The molecule has 156 valence electrons. The molecule has 2 fully saturated rings. The van der Waals surface area contributed by atoms with Gasteiger partial charge in [-0.15, -0.1) is 0 Å². The number of carbonyl (C=O) groups excluding carboxylic acids is 2. The minimum atomic E-state index is -0.0931. The molecule has 4 atom stereocenters. The fourth-order valence-electron chi connectivity index (χ4n) is 4.58. The zero-order chi connectivity index (χ0) is 19.9. The first kappa shape index (κ1) is 20.8. The molecular formula is C21H34N4O3. The Balaban J connectivity index is 1.30. The van der Waals surface area contributed by atoms with Gasteiger partial charge < -0.3 is 15.4 Å². The number of guanidine groups is 1. The number of allylic oxidation sites excluding steroid dienone is 2. The van der Waals surface area contributed by atoms with E-state index in [0.717, 1.165) is 57.8 Å². The number of hydrogen-bond acceptors (Lipinski definition) is 4. The van der Waals surface area contributed by atoms with E-state index < -0.39 is 0 Å². The Bertz CT molecular complexity index is 589. The van der Waals surface area contributed by atoms with Crippen molar-refractivity contribution in [2.24, 2.45) is 28.7 Å². The van der Waals surface area contributed by atoms with Crippen LogP contribution in [0.3, 0.4) is 0 Å². The number of ether oxygens (including phenoxy) is 1. The fourth-order valence-corrected chi connectivity index (χ4v) is 4.58. The number of aliphatic imine (C=N–C) groups is 1. The molecule has 7 heteroatoms. The van der Waals surface area contributed by atoms with E-state index in [1.54, 1.807) is 7.05 Å². The lowest BCUT2D eigenvalue weighted by Gasteiger charge is -2.18. The second kappa shape index (κ2) is 10.0. The molecule has 0 aromatic carbocycles. The van der Waals surface area contributed by atoms with Crippen LogP contribution in [0.2, 0.25) is 0 Å². The molecule has 2 bridgehead atoms. The molecule has 7 nitrogen and oxygen atoms in total. The highest BCUT2D eigenvalue weighted by atomic mass is 16.5. The molecule has 2 aliphatic carbocycles. The van der Waals surface area contributed by atoms with E-state index in [9.17, 15) is 9.59 Å². The van der Waals surface area contributed by atoms with E-state index >= 15 is 0 Å². The summed E-state index contributed by atoms with van der Waals surface area (Å²) in [5, 5.41) is 6.51. The molecule has 1 heterocycles. The van der Waals surface area contributed by atoms with E-state index in [2.05, 4.69) is 34.7 Å². The molecule has 1 saturated heterocycles. The van der Waals surface area contributed by atoms with Crippen molar-refractivity contribution in [2.75, 3.05) is 39.9 Å². The van der Waals surface area contributed by atoms with Crippen molar-refractivity contribution in [1.29, 1.82) is 0 Å². The summed E-state index contributed by atoms with van der Waals surface area (Å²) >= 11 is 0. The Labute approximate surface area is 168 Å². The van der Waals surface area contributed by atoms with Gasteiger partial charge in [-0.2, -0.15) is 0 Å². The van der Waals surface area contributed by atoms with E-state index in [1.165, 1.54) is 4.90 Å². The molecule has 0 aromatic rings. The van der Waals surface area contributed by atoms with Crippen molar-refractivity contribution >= 4 is 17.8 Å². The summed E-state index contributed by atoms with van der Waals surface area (Å²) < 4.78 is 5.54. The Morgan fingerprint density at radius 1 is 1.07 bits per heavy atom. The highest BCUT2D eigenvalue weighted by Crippen LogP contribution is 2.52. The zero-order valence-electron chi connectivity index (χ0n) is 17.2. The summed E-state index contributed by atoms with van der Waals surface area (Å²) in [4.78, 5) is 31.0. The third-order valence-electron chi connectivity index (χ3n) is 6.04. The number of rotatable bonds is 11. The van der Waals surface area contributed by atoms with Gasteiger partial charge in [0, 0.05) is 39.9 Å². The van der Waals surface area contributed by atoms with Crippen LogP contribution in [0.1, 0.15) is 39.0 Å². The largest absolute Gasteiger partial charge is 0.381 e. The minimum absolute atomic E-state index is 0.0393. The van der Waals surface area contributed by atoms with Crippen LogP contribution in [0.15, 0.2) is 17.1 Å². The highest BCUT2D eigenvalue weighted by Gasteiger charge is 2.58. The third kappa shape index (κ3) is 4.57. The summed E-state index contributed by atoms with van der Waals surface area (Å²) in [5.74, 6) is 1.20. The van der Waals surface area contributed by atoms with Crippen molar-refractivity contribution in [3.05, 3.63) is 12.2 Å². The van der Waals surface area contributed by atoms with Crippen LogP contribution in [-0.2, 0) is 14.3 Å². The molecular weight excluding hydrogens is 356 g/mol. The van der Waals surface area contributed by atoms with Gasteiger partial charge in [0.25, 0.3) is 0 Å². The number of carbonyl (C=O) groups is 2. The summed E-state index contributed by atoms with van der Waals surface area (Å²) in [6.07, 6.45) is 9.16. The number of amides is 2. The first-order chi connectivity index (χ1) is 13.7. The van der Waals surface area contributed by atoms with Gasteiger partial charge in [0.15, 0.2) is 5.96 Å². The summed E-state index contributed by atoms with van der Waals surface area (Å²) in [6.45, 7) is 5.69. The molecule has 2 amide bonds. The van der Waals surface area contributed by atoms with Crippen LogP contribution in [0, 0.1) is 23.7 Å². The normalized spacial score (nSPS) is 28.4. The minimum Gasteiger partial charge on any atom is -0.381 e. The lowest BCUT2D eigenvalue weighted by molar-refractivity contribution is -0.140. The number of nitrogens with zero attached hydrogens (tertiary/aromatic N) is 2. The maximum absolute atomic E-state index is 12.6. The quantitative estimate of drug-likeness (QED) is 0.184. The second-order valence-corrected chi connectivity index (χ2v) is 7.93. The predicted octanol–water partition coefficient (Wildman–Crippen LogP) is 1.56. The number of likely N-dealkylation sites (tertiary alicyclic amines) is 1. The van der Waals surface area contributed by atoms with E-state index in [4.69, 9.17) is 4.74 Å². The van der Waals surface area contributed by atoms with Gasteiger partial charge in [0.2, 0.25) is 11.8 Å². The smallest absolute Gasteiger partial charge is 0.233 e. The van der Waals surface area contributed by atoms with Crippen molar-refractivity contribution < 1.29 is 14.3 Å². The van der Waals surface area contributed by atoms with Crippen molar-refractivity contribution in [3.63, 3.8) is 0 Å². The summed E-state index contributed by atoms with van der Waals surface area (Å²) in [7, 11) is 1.74. The van der Waals surface area contributed by atoms with Gasteiger partial charge >= 0.3 is 0 Å². The average molecular weight is 391 g/mol. The molecule has 2 N–H and O–H groups in total. The summed E-state index contributed by atoms with van der Waals surface area (Å²) in [5.41, 5.74) is 0. The lowest BCUT2D eigenvalue weighted by Crippen LogP contribution is -2.40. The van der Waals surface area contributed by atoms with Gasteiger partial charge in [-0.05, 0) is 37.5 Å². The molecule has 28 heavy (non-hydrogen) atoms. The molecule has 0 radical (unpaired) electrons. The predicted molar refractivity (Wildman–Crippen MR) is 109 cm³/mol. The Morgan fingerprint density at radius 2 is 1.68 bits per heavy atom. The summed E-state index contributed by atoms with van der Waals surface area (Å²) in [6, 6.07) is 0. The SMILES string of the molecule is CCCCOCCCNC(=NC)NCCCN1C(=O)C2C3C=CC(C3)C2C1=O. The monoisotopic (exact) mass is 390 g/mol. The van der Waals surface area contributed by atoms with Crippen LogP contribution in [0.4, 0.5) is 0 Å². The molecule has 3 aliphatic rings. The molecule has 3 rings (SSSR count). The maximum atomic E-state index is 12.6. The molecule has 1 aliphatic heterocycles. The Hall–Kier alpha value is -1.89. The molecule has 4 unspecified atom stereocenters. The topological polar surface area (TPSA) is 83.0 Å². The number of imide groups is 1. The van der Waals surface area contributed by atoms with Gasteiger partial charge in [0.1, 0.15) is 0 Å². The van der Waals surface area contributed by atoms with E-state index in [-0.39, 0.29) is 35.5 Å². The van der Waals surface area contributed by atoms with Crippen molar-refractivity contribution in [2.45, 2.75) is 39.0 Å². The molecule has 0 spiro atoms. The van der Waals surface area contributed by atoms with E-state index in [0.29, 0.717) is 13.1 Å². The second-order valence-electron chi connectivity index (χ2n) is 7.93. The average Bonchev–Trinajstić information content (AvgIpc) is 3.38. The maximum Gasteiger partial charge on any atom is 0.233 e. The standard InChI is InChI=1S/C21H34N4O3/c1-3-4-12-28-13-6-10-24-21(22-2)23-9-5-11-25-19(26)17-15-7-8-16(14-15)18(17)20(25)27/h7-8,15-18H,3-6,9-14H2,1-2H3,(H2,22,23,24). The fraction of sp³-hybridized carbons (Fsp3) is 0.762. The molecule has 0 aromatic heterocycles. The van der Waals surface area contributed by atoms with Crippen molar-refractivity contribution in [1.82, 2.24) is 15.5 Å². The number of fused-ring (bicyclic) bond motifs is 5. The van der Waals surface area contributed by atoms with E-state index in [1.807, 2.05) is 0 Å². The van der Waals surface area contributed by atoms with Crippen molar-refractivity contribution in [3.8, 4) is 0 Å². The van der Waals surface area contributed by atoms with Crippen LogP contribution in [0.25, 0.3) is 0 Å². The molecule has 1 saturated carbocycles.